The van der Waals surface area contributed by atoms with Crippen LogP contribution in [-0.2, 0) is 19.5 Å². The molecule has 1 aromatic rings. The largest absolute Gasteiger partial charge is 0.312 e. The van der Waals surface area contributed by atoms with Gasteiger partial charge in [0.05, 0.1) is 6.54 Å². The van der Waals surface area contributed by atoms with Crippen LogP contribution in [0.4, 0.5) is 8.78 Å². The van der Waals surface area contributed by atoms with E-state index in [-0.39, 0.29) is 6.54 Å². The van der Waals surface area contributed by atoms with Gasteiger partial charge in [-0.15, -0.1) is 0 Å². The molecule has 0 unspecified atom stereocenters. The monoisotopic (exact) mass is 240 g/mol. The number of benzene rings is 1. The zero-order valence-corrected chi connectivity index (χ0v) is 10.0. The van der Waals surface area contributed by atoms with Crippen LogP contribution in [0.1, 0.15) is 16.7 Å². The van der Waals surface area contributed by atoms with Crippen LogP contribution in [0.25, 0.3) is 0 Å². The highest BCUT2D eigenvalue weighted by molar-refractivity contribution is 5.33. The smallest absolute Gasteiger partial charge is 0.251 e. The van der Waals surface area contributed by atoms with Crippen LogP contribution >= 0.6 is 0 Å². The second-order valence-corrected chi connectivity index (χ2v) is 4.62. The average molecular weight is 240 g/mol. The molecule has 2 nitrogen and oxygen atoms in total. The molecule has 0 amide bonds. The lowest BCUT2D eigenvalue weighted by Crippen LogP contribution is -2.26. The van der Waals surface area contributed by atoms with Gasteiger partial charge >= 0.3 is 0 Å². The number of halogens is 2. The maximum absolute atomic E-state index is 12.2. The quantitative estimate of drug-likeness (QED) is 0.866. The summed E-state index contributed by atoms with van der Waals surface area (Å²) in [5.41, 5.74) is 3.79. The number of fused-ring (bicyclic) bond motifs is 1. The second kappa shape index (κ2) is 5.56. The molecular weight excluding hydrogens is 222 g/mol. The molecule has 17 heavy (non-hydrogen) atoms. The van der Waals surface area contributed by atoms with Crippen molar-refractivity contribution in [2.45, 2.75) is 25.9 Å². The van der Waals surface area contributed by atoms with Crippen LogP contribution in [0.2, 0.25) is 0 Å². The Labute approximate surface area is 101 Å². The lowest BCUT2D eigenvalue weighted by Gasteiger charge is -2.20. The highest BCUT2D eigenvalue weighted by Crippen LogP contribution is 2.17. The molecule has 1 heterocycles. The highest BCUT2D eigenvalue weighted by atomic mass is 19.3. The Balaban J connectivity index is 2.01. The van der Waals surface area contributed by atoms with E-state index in [0.29, 0.717) is 6.54 Å². The van der Waals surface area contributed by atoms with E-state index in [9.17, 15) is 8.78 Å². The fraction of sp³-hybridized carbons (Fsp3) is 0.538. The number of alkyl halides is 2. The Morgan fingerprint density at radius 2 is 2.18 bits per heavy atom. The number of hydrogen-bond acceptors (Lipinski definition) is 2. The number of hydrogen-bond donors (Lipinski definition) is 1. The molecule has 2 rings (SSSR count). The molecule has 1 aliphatic heterocycles. The van der Waals surface area contributed by atoms with Crippen molar-refractivity contribution in [3.63, 3.8) is 0 Å². The van der Waals surface area contributed by atoms with Crippen molar-refractivity contribution in [3.8, 4) is 0 Å². The van der Waals surface area contributed by atoms with E-state index in [4.69, 9.17) is 0 Å². The molecule has 0 bridgehead atoms. The molecule has 0 atom stereocenters. The summed E-state index contributed by atoms with van der Waals surface area (Å²) in [6.07, 6.45) is -1.21. The van der Waals surface area contributed by atoms with E-state index in [1.807, 2.05) is 6.07 Å². The van der Waals surface area contributed by atoms with Crippen molar-refractivity contribution in [3.05, 3.63) is 34.9 Å². The van der Waals surface area contributed by atoms with E-state index in [1.165, 1.54) is 11.1 Å². The zero-order valence-electron chi connectivity index (χ0n) is 10.0. The van der Waals surface area contributed by atoms with Gasteiger partial charge in [-0.3, -0.25) is 4.90 Å². The van der Waals surface area contributed by atoms with Gasteiger partial charge in [0, 0.05) is 13.1 Å². The maximum atomic E-state index is 12.2. The molecule has 1 aromatic carbocycles. The summed E-state index contributed by atoms with van der Waals surface area (Å²) in [6, 6.07) is 6.30. The summed E-state index contributed by atoms with van der Waals surface area (Å²) in [6.45, 7) is 2.33. The lowest BCUT2D eigenvalue weighted by molar-refractivity contribution is 0.0975. The van der Waals surface area contributed by atoms with E-state index in [2.05, 4.69) is 17.4 Å². The molecule has 0 spiro atoms. The molecule has 0 aromatic heterocycles. The number of nitrogens with one attached hydrogen (secondary N) is 1. The van der Waals surface area contributed by atoms with Gasteiger partial charge in [-0.1, -0.05) is 18.2 Å². The van der Waals surface area contributed by atoms with Crippen LogP contribution in [0.3, 0.4) is 0 Å². The normalized spacial score (nSPS) is 15.4. The zero-order chi connectivity index (χ0) is 12.3. The van der Waals surface area contributed by atoms with Gasteiger partial charge in [-0.05, 0) is 36.7 Å². The molecule has 0 fully saturated rings. The van der Waals surface area contributed by atoms with Crippen molar-refractivity contribution in [1.29, 1.82) is 0 Å². The predicted molar refractivity (Wildman–Crippen MR) is 64.2 cm³/mol. The first-order valence-electron chi connectivity index (χ1n) is 5.93. The molecule has 4 heteroatoms. The highest BCUT2D eigenvalue weighted by Gasteiger charge is 2.11. The minimum absolute atomic E-state index is 0.171. The van der Waals surface area contributed by atoms with Crippen LogP contribution < -0.4 is 5.32 Å². The van der Waals surface area contributed by atoms with Gasteiger partial charge in [0.25, 0.3) is 6.43 Å². The van der Waals surface area contributed by atoms with Crippen LogP contribution in [0, 0.1) is 0 Å². The minimum Gasteiger partial charge on any atom is -0.312 e. The Hall–Kier alpha value is -1.00. The first-order valence-corrected chi connectivity index (χ1v) is 5.93. The Morgan fingerprint density at radius 1 is 1.35 bits per heavy atom. The third-order valence-corrected chi connectivity index (χ3v) is 3.06. The first kappa shape index (κ1) is 12.5. The summed E-state index contributed by atoms with van der Waals surface area (Å²) in [5, 5.41) is 3.32. The molecule has 0 aliphatic carbocycles. The summed E-state index contributed by atoms with van der Waals surface area (Å²) in [4.78, 5) is 1.66. The topological polar surface area (TPSA) is 15.3 Å². The Morgan fingerprint density at radius 3 is 2.94 bits per heavy atom. The third-order valence-electron chi connectivity index (χ3n) is 3.06. The van der Waals surface area contributed by atoms with Gasteiger partial charge in [0.15, 0.2) is 0 Å². The molecule has 0 radical (unpaired) electrons. The maximum Gasteiger partial charge on any atom is 0.251 e. The first-order chi connectivity index (χ1) is 8.15. The summed E-state index contributed by atoms with van der Waals surface area (Å²) >= 11 is 0. The van der Waals surface area contributed by atoms with Crippen molar-refractivity contribution < 1.29 is 8.78 Å². The van der Waals surface area contributed by atoms with Gasteiger partial charge in [0.1, 0.15) is 0 Å². The average Bonchev–Trinajstić information content (AvgIpc) is 2.27. The SMILES string of the molecule is CN(Cc1ccc2c(c1)CNCC2)CC(F)F. The van der Waals surface area contributed by atoms with Gasteiger partial charge in [-0.2, -0.15) is 0 Å². The summed E-state index contributed by atoms with van der Waals surface area (Å²) < 4.78 is 24.4. The summed E-state index contributed by atoms with van der Waals surface area (Å²) in [5.74, 6) is 0. The Bertz CT molecular complexity index is 380. The lowest BCUT2D eigenvalue weighted by atomic mass is 9.98. The van der Waals surface area contributed by atoms with Crippen molar-refractivity contribution in [2.24, 2.45) is 0 Å². The van der Waals surface area contributed by atoms with Crippen molar-refractivity contribution in [2.75, 3.05) is 20.1 Å². The fourth-order valence-corrected chi connectivity index (χ4v) is 2.24. The van der Waals surface area contributed by atoms with E-state index >= 15 is 0 Å². The third kappa shape index (κ3) is 3.48. The molecule has 1 N–H and O–H groups in total. The van der Waals surface area contributed by atoms with Crippen LogP contribution in [0.15, 0.2) is 18.2 Å². The minimum atomic E-state index is -2.26. The van der Waals surface area contributed by atoms with Gasteiger partial charge in [0.2, 0.25) is 0 Å². The van der Waals surface area contributed by atoms with Crippen molar-refractivity contribution in [1.82, 2.24) is 10.2 Å². The standard InChI is InChI=1S/C13H18F2N2/c1-17(9-13(14)15)8-10-2-3-11-4-5-16-7-12(11)6-10/h2-3,6,13,16H,4-5,7-9H2,1H3. The van der Waals surface area contributed by atoms with Gasteiger partial charge in [-0.25, -0.2) is 8.78 Å². The molecule has 0 saturated carbocycles. The van der Waals surface area contributed by atoms with Crippen LogP contribution in [0.5, 0.6) is 0 Å². The van der Waals surface area contributed by atoms with Crippen LogP contribution in [-0.4, -0.2) is 31.5 Å². The summed E-state index contributed by atoms with van der Waals surface area (Å²) in [7, 11) is 1.73. The molecule has 0 saturated heterocycles. The van der Waals surface area contributed by atoms with E-state index in [1.54, 1.807) is 11.9 Å². The molecule has 1 aliphatic rings. The molecule has 94 valence electrons. The van der Waals surface area contributed by atoms with Crippen molar-refractivity contribution >= 4 is 0 Å². The van der Waals surface area contributed by atoms with E-state index in [0.717, 1.165) is 25.1 Å². The van der Waals surface area contributed by atoms with Gasteiger partial charge < -0.3 is 5.32 Å². The number of nitrogens with zero attached hydrogens (tertiary/aromatic N) is 1. The second-order valence-electron chi connectivity index (χ2n) is 4.62. The molecular formula is C13H18F2N2. The fourth-order valence-electron chi connectivity index (χ4n) is 2.24. The predicted octanol–water partition coefficient (Wildman–Crippen LogP) is 2.03. The Kier molecular flexibility index (Phi) is 4.07. The number of rotatable bonds is 4. The van der Waals surface area contributed by atoms with E-state index < -0.39 is 6.43 Å².